The molecule has 0 spiro atoms. The van der Waals surface area contributed by atoms with E-state index in [4.69, 9.17) is 5.73 Å². The topological polar surface area (TPSA) is 56.0 Å². The fraction of sp³-hybridized carbons (Fsp3) is 0.143. The number of carbonyl (C=O) groups is 1. The predicted molar refractivity (Wildman–Crippen MR) is 51.7 cm³/mol. The number of anilines is 1. The van der Waals surface area contributed by atoms with Crippen LogP contribution in [-0.2, 0) is 0 Å². The molecule has 0 unspecified atom stereocenters. The molecule has 0 radical (unpaired) electrons. The summed E-state index contributed by atoms with van der Waals surface area (Å²) in [4.78, 5) is 14.1. The van der Waals surface area contributed by atoms with Gasteiger partial charge in [-0.05, 0) is 22.6 Å². The first-order valence-electron chi connectivity index (χ1n) is 3.25. The van der Waals surface area contributed by atoms with E-state index in [9.17, 15) is 13.6 Å². The number of pyridine rings is 1. The zero-order valence-corrected chi connectivity index (χ0v) is 8.46. The Labute approximate surface area is 86.5 Å². The van der Waals surface area contributed by atoms with Gasteiger partial charge in [0.25, 0.3) is 6.43 Å². The Bertz CT molecular complexity index is 344. The highest BCUT2D eigenvalue weighted by Crippen LogP contribution is 2.29. The van der Waals surface area contributed by atoms with Crippen molar-refractivity contribution in [3.05, 3.63) is 21.0 Å². The van der Waals surface area contributed by atoms with Crippen LogP contribution in [-0.4, -0.2) is 11.3 Å². The Balaban J connectivity index is 3.41. The molecular formula is C7H5F2IN2O. The molecule has 2 N–H and O–H groups in total. The van der Waals surface area contributed by atoms with Crippen LogP contribution in [0.15, 0.2) is 6.20 Å². The molecule has 1 aromatic rings. The lowest BCUT2D eigenvalue weighted by Crippen LogP contribution is -2.04. The molecule has 0 aliphatic rings. The molecular weight excluding hydrogens is 293 g/mol. The summed E-state index contributed by atoms with van der Waals surface area (Å²) in [7, 11) is 0. The SMILES string of the molecule is Nc1c(I)ncc(C=O)c1C(F)F. The summed E-state index contributed by atoms with van der Waals surface area (Å²) in [6, 6.07) is 0. The van der Waals surface area contributed by atoms with Gasteiger partial charge in [-0.2, -0.15) is 0 Å². The number of aromatic nitrogens is 1. The van der Waals surface area contributed by atoms with E-state index in [1.54, 1.807) is 22.6 Å². The van der Waals surface area contributed by atoms with Crippen molar-refractivity contribution in [1.82, 2.24) is 4.98 Å². The Hall–Kier alpha value is -0.790. The van der Waals surface area contributed by atoms with Crippen LogP contribution in [0.2, 0.25) is 0 Å². The monoisotopic (exact) mass is 298 g/mol. The normalized spacial score (nSPS) is 10.5. The van der Waals surface area contributed by atoms with Gasteiger partial charge in [-0.3, -0.25) is 4.79 Å². The van der Waals surface area contributed by atoms with Gasteiger partial charge >= 0.3 is 0 Å². The standard InChI is InChI=1S/C7H5F2IN2O/c8-6(9)4-3(2-13)1-12-7(10)5(4)11/h1-2,6H,11H2. The maximum atomic E-state index is 12.4. The van der Waals surface area contributed by atoms with Gasteiger partial charge in [-0.15, -0.1) is 0 Å². The molecule has 1 heterocycles. The van der Waals surface area contributed by atoms with E-state index in [1.807, 2.05) is 0 Å². The molecule has 1 rings (SSSR count). The fourth-order valence-electron chi connectivity index (χ4n) is 0.869. The van der Waals surface area contributed by atoms with E-state index < -0.39 is 12.0 Å². The second kappa shape index (κ2) is 3.95. The summed E-state index contributed by atoms with van der Waals surface area (Å²) in [5, 5.41) is 0. The smallest absolute Gasteiger partial charge is 0.266 e. The van der Waals surface area contributed by atoms with Crippen LogP contribution in [0.4, 0.5) is 14.5 Å². The van der Waals surface area contributed by atoms with Crippen LogP contribution >= 0.6 is 22.6 Å². The first-order chi connectivity index (χ1) is 6.07. The van der Waals surface area contributed by atoms with Crippen LogP contribution in [0.3, 0.4) is 0 Å². The third-order valence-corrected chi connectivity index (χ3v) is 2.35. The van der Waals surface area contributed by atoms with Gasteiger partial charge in [0.1, 0.15) is 3.70 Å². The van der Waals surface area contributed by atoms with E-state index in [0.717, 1.165) is 6.20 Å². The predicted octanol–water partition coefficient (Wildman–Crippen LogP) is 2.02. The van der Waals surface area contributed by atoms with Gasteiger partial charge in [0.05, 0.1) is 11.3 Å². The van der Waals surface area contributed by atoms with E-state index in [-0.39, 0.29) is 15.0 Å². The largest absolute Gasteiger partial charge is 0.396 e. The number of hydrogen-bond donors (Lipinski definition) is 1. The zero-order valence-electron chi connectivity index (χ0n) is 6.30. The fourth-order valence-corrected chi connectivity index (χ4v) is 1.30. The quantitative estimate of drug-likeness (QED) is 0.516. The highest BCUT2D eigenvalue weighted by atomic mass is 127. The van der Waals surface area contributed by atoms with Crippen molar-refractivity contribution in [1.29, 1.82) is 0 Å². The van der Waals surface area contributed by atoms with Crippen LogP contribution in [0.1, 0.15) is 22.3 Å². The van der Waals surface area contributed by atoms with Crippen LogP contribution in [0.5, 0.6) is 0 Å². The van der Waals surface area contributed by atoms with Crippen molar-refractivity contribution in [2.75, 3.05) is 5.73 Å². The molecule has 0 atom stereocenters. The Morgan fingerprint density at radius 2 is 2.23 bits per heavy atom. The van der Waals surface area contributed by atoms with Gasteiger partial charge in [0.2, 0.25) is 0 Å². The molecule has 0 amide bonds. The Kier molecular flexibility index (Phi) is 3.12. The third-order valence-electron chi connectivity index (χ3n) is 1.49. The summed E-state index contributed by atoms with van der Waals surface area (Å²) in [6.45, 7) is 0. The number of nitrogens with two attached hydrogens (primary N) is 1. The van der Waals surface area contributed by atoms with Crippen LogP contribution < -0.4 is 5.73 Å². The average Bonchev–Trinajstić information content (AvgIpc) is 2.08. The number of aldehydes is 1. The maximum Gasteiger partial charge on any atom is 0.266 e. The number of nitrogen functional groups attached to an aromatic ring is 1. The number of alkyl halides is 2. The van der Waals surface area contributed by atoms with Crippen molar-refractivity contribution >= 4 is 34.6 Å². The summed E-state index contributed by atoms with van der Waals surface area (Å²) in [6.07, 6.45) is -1.34. The molecule has 0 bridgehead atoms. The molecule has 3 nitrogen and oxygen atoms in total. The maximum absolute atomic E-state index is 12.4. The molecule has 0 fully saturated rings. The van der Waals surface area contributed by atoms with Crippen molar-refractivity contribution in [3.63, 3.8) is 0 Å². The first kappa shape index (κ1) is 10.3. The second-order valence-corrected chi connectivity index (χ2v) is 3.27. The first-order valence-corrected chi connectivity index (χ1v) is 4.33. The number of rotatable bonds is 2. The van der Waals surface area contributed by atoms with Gasteiger partial charge in [-0.1, -0.05) is 0 Å². The minimum Gasteiger partial charge on any atom is -0.396 e. The van der Waals surface area contributed by atoms with Crippen molar-refractivity contribution in [2.24, 2.45) is 0 Å². The number of nitrogens with zero attached hydrogens (tertiary/aromatic N) is 1. The molecule has 0 aliphatic carbocycles. The highest BCUT2D eigenvalue weighted by molar-refractivity contribution is 14.1. The van der Waals surface area contributed by atoms with E-state index in [0.29, 0.717) is 6.29 Å². The Morgan fingerprint density at radius 3 is 2.69 bits per heavy atom. The lowest BCUT2D eigenvalue weighted by atomic mass is 10.1. The lowest BCUT2D eigenvalue weighted by molar-refractivity contribution is 0.110. The highest BCUT2D eigenvalue weighted by Gasteiger charge is 2.18. The summed E-state index contributed by atoms with van der Waals surface area (Å²) in [5.41, 5.74) is 4.63. The van der Waals surface area contributed by atoms with Crippen molar-refractivity contribution in [3.8, 4) is 0 Å². The van der Waals surface area contributed by atoms with Crippen LogP contribution in [0, 0.1) is 3.70 Å². The molecule has 0 saturated heterocycles. The van der Waals surface area contributed by atoms with Crippen molar-refractivity contribution < 1.29 is 13.6 Å². The van der Waals surface area contributed by atoms with E-state index in [2.05, 4.69) is 4.98 Å². The molecule has 6 heteroatoms. The minimum absolute atomic E-state index is 0.125. The lowest BCUT2D eigenvalue weighted by Gasteiger charge is -2.07. The zero-order chi connectivity index (χ0) is 10.0. The minimum atomic E-state index is -2.75. The van der Waals surface area contributed by atoms with Gasteiger partial charge in [0.15, 0.2) is 6.29 Å². The molecule has 0 aliphatic heterocycles. The van der Waals surface area contributed by atoms with Gasteiger partial charge in [-0.25, -0.2) is 13.8 Å². The summed E-state index contributed by atoms with van der Waals surface area (Å²) >= 11 is 1.73. The molecule has 70 valence electrons. The summed E-state index contributed by atoms with van der Waals surface area (Å²) in [5.74, 6) is 0. The number of halogens is 3. The average molecular weight is 298 g/mol. The van der Waals surface area contributed by atoms with Gasteiger partial charge in [0, 0.05) is 11.8 Å². The van der Waals surface area contributed by atoms with Crippen LogP contribution in [0.25, 0.3) is 0 Å². The molecule has 0 aromatic carbocycles. The number of carbonyl (C=O) groups excluding carboxylic acids is 1. The molecule has 13 heavy (non-hydrogen) atoms. The number of hydrogen-bond acceptors (Lipinski definition) is 3. The second-order valence-electron chi connectivity index (χ2n) is 2.25. The van der Waals surface area contributed by atoms with E-state index in [1.165, 1.54) is 0 Å². The molecule has 0 saturated carbocycles. The Morgan fingerprint density at radius 1 is 1.62 bits per heavy atom. The van der Waals surface area contributed by atoms with Gasteiger partial charge < -0.3 is 5.73 Å². The third kappa shape index (κ3) is 1.93. The summed E-state index contributed by atoms with van der Waals surface area (Å²) < 4.78 is 25.0. The van der Waals surface area contributed by atoms with Crippen molar-refractivity contribution in [2.45, 2.75) is 6.43 Å². The molecule has 1 aromatic heterocycles. The van der Waals surface area contributed by atoms with E-state index >= 15 is 0 Å².